The lowest BCUT2D eigenvalue weighted by molar-refractivity contribution is 0.0359. The monoisotopic (exact) mass is 339 g/mol. The molecule has 0 saturated carbocycles. The number of hydrogen-bond donors (Lipinski definition) is 2. The van der Waals surface area contributed by atoms with Crippen molar-refractivity contribution in [3.8, 4) is 0 Å². The number of carbonyl (C=O) groups excluding carboxylic acids is 2. The van der Waals surface area contributed by atoms with Crippen LogP contribution in [0.15, 0.2) is 42.5 Å². The number of nitrogens with two attached hydrogens (primary N) is 1. The van der Waals surface area contributed by atoms with E-state index in [0.29, 0.717) is 16.8 Å². The summed E-state index contributed by atoms with van der Waals surface area (Å²) in [6, 6.07) is 12.5. The molecule has 2 rings (SSSR count). The number of nitrogens with zero attached hydrogens (tertiary/aromatic N) is 1. The standard InChI is InChI=1S/C20H25N3O2/c1-13-8-6-10-15(12-13)19(25)23(20(3,4)5)22-18(24)16-11-7-9-14(2)17(16)21/h6-12H,21H2,1-5H3,(H,22,24). The number of benzene rings is 2. The van der Waals surface area contributed by atoms with Crippen molar-refractivity contribution in [1.82, 2.24) is 10.4 Å². The van der Waals surface area contributed by atoms with E-state index in [1.54, 1.807) is 24.3 Å². The number of nitrogen functional groups attached to an aromatic ring is 1. The summed E-state index contributed by atoms with van der Waals surface area (Å²) in [5.41, 5.74) is 11.2. The molecular weight excluding hydrogens is 314 g/mol. The van der Waals surface area contributed by atoms with Crippen LogP contribution in [0.5, 0.6) is 0 Å². The van der Waals surface area contributed by atoms with E-state index in [9.17, 15) is 9.59 Å². The molecule has 0 bridgehead atoms. The van der Waals surface area contributed by atoms with Crippen LogP contribution in [-0.4, -0.2) is 22.4 Å². The molecule has 0 heterocycles. The van der Waals surface area contributed by atoms with E-state index in [1.165, 1.54) is 5.01 Å². The minimum absolute atomic E-state index is 0.268. The largest absolute Gasteiger partial charge is 0.398 e. The Labute approximate surface area is 148 Å². The number of hydrogen-bond acceptors (Lipinski definition) is 3. The van der Waals surface area contributed by atoms with Gasteiger partial charge in [-0.2, -0.15) is 0 Å². The van der Waals surface area contributed by atoms with Gasteiger partial charge in [-0.15, -0.1) is 0 Å². The molecule has 0 saturated heterocycles. The number of amides is 2. The quantitative estimate of drug-likeness (QED) is 0.650. The fourth-order valence-electron chi connectivity index (χ4n) is 2.47. The Bertz CT molecular complexity index is 807. The Morgan fingerprint density at radius 2 is 1.68 bits per heavy atom. The number of para-hydroxylation sites is 1. The predicted molar refractivity (Wildman–Crippen MR) is 100 cm³/mol. The zero-order chi connectivity index (χ0) is 18.8. The van der Waals surface area contributed by atoms with Crippen molar-refractivity contribution in [3.05, 3.63) is 64.7 Å². The Kier molecular flexibility index (Phi) is 5.16. The van der Waals surface area contributed by atoms with E-state index >= 15 is 0 Å². The highest BCUT2D eigenvalue weighted by Gasteiger charge is 2.30. The first-order chi connectivity index (χ1) is 11.6. The lowest BCUT2D eigenvalue weighted by atomic mass is 10.0. The maximum Gasteiger partial charge on any atom is 0.272 e. The first-order valence-electron chi connectivity index (χ1n) is 8.18. The highest BCUT2D eigenvalue weighted by molar-refractivity contribution is 6.02. The normalized spacial score (nSPS) is 11.1. The van der Waals surface area contributed by atoms with Gasteiger partial charge in [0.05, 0.1) is 11.1 Å². The fraction of sp³-hybridized carbons (Fsp3) is 0.300. The molecule has 132 valence electrons. The van der Waals surface area contributed by atoms with Gasteiger partial charge in [0.25, 0.3) is 11.8 Å². The summed E-state index contributed by atoms with van der Waals surface area (Å²) in [6.07, 6.45) is 0. The maximum atomic E-state index is 12.9. The first kappa shape index (κ1) is 18.5. The molecule has 0 aliphatic rings. The number of rotatable bonds is 2. The molecule has 2 amide bonds. The number of aryl methyl sites for hydroxylation is 2. The third-order valence-electron chi connectivity index (χ3n) is 3.92. The van der Waals surface area contributed by atoms with E-state index < -0.39 is 11.4 Å². The first-order valence-corrected chi connectivity index (χ1v) is 8.18. The second-order valence-electron chi connectivity index (χ2n) is 7.16. The van der Waals surface area contributed by atoms with Crippen LogP contribution in [0.2, 0.25) is 0 Å². The lowest BCUT2D eigenvalue weighted by Crippen LogP contribution is -2.56. The number of nitrogens with one attached hydrogen (secondary N) is 1. The molecule has 5 nitrogen and oxygen atoms in total. The van der Waals surface area contributed by atoms with Crippen molar-refractivity contribution < 1.29 is 9.59 Å². The third-order valence-corrected chi connectivity index (χ3v) is 3.92. The second kappa shape index (κ2) is 6.97. The molecule has 0 atom stereocenters. The molecule has 25 heavy (non-hydrogen) atoms. The van der Waals surface area contributed by atoms with Crippen molar-refractivity contribution in [3.63, 3.8) is 0 Å². The molecule has 0 radical (unpaired) electrons. The number of anilines is 1. The van der Waals surface area contributed by atoms with Gasteiger partial charge in [0.2, 0.25) is 0 Å². The van der Waals surface area contributed by atoms with Crippen molar-refractivity contribution in [1.29, 1.82) is 0 Å². The molecular formula is C20H25N3O2. The molecule has 0 unspecified atom stereocenters. The third kappa shape index (κ3) is 4.18. The Hall–Kier alpha value is -2.82. The predicted octanol–water partition coefficient (Wildman–Crippen LogP) is 3.47. The van der Waals surface area contributed by atoms with Gasteiger partial charge in [0, 0.05) is 11.3 Å². The van der Waals surface area contributed by atoms with Gasteiger partial charge in [0.1, 0.15) is 0 Å². The molecule has 5 heteroatoms. The highest BCUT2D eigenvalue weighted by Crippen LogP contribution is 2.19. The van der Waals surface area contributed by atoms with Crippen LogP contribution >= 0.6 is 0 Å². The highest BCUT2D eigenvalue weighted by atomic mass is 16.2. The smallest absolute Gasteiger partial charge is 0.272 e. The summed E-state index contributed by atoms with van der Waals surface area (Å²) in [4.78, 5) is 25.6. The summed E-state index contributed by atoms with van der Waals surface area (Å²) >= 11 is 0. The minimum Gasteiger partial charge on any atom is -0.398 e. The zero-order valence-electron chi connectivity index (χ0n) is 15.4. The molecule has 0 aliphatic heterocycles. The number of hydrazine groups is 1. The maximum absolute atomic E-state index is 12.9. The van der Waals surface area contributed by atoms with E-state index in [2.05, 4.69) is 5.43 Å². The Morgan fingerprint density at radius 1 is 1.04 bits per heavy atom. The van der Waals surface area contributed by atoms with Gasteiger partial charge in [-0.1, -0.05) is 29.8 Å². The summed E-state index contributed by atoms with van der Waals surface area (Å²) in [5, 5.41) is 1.35. The summed E-state index contributed by atoms with van der Waals surface area (Å²) in [5.74, 6) is -0.673. The van der Waals surface area contributed by atoms with Crippen LogP contribution in [0.4, 0.5) is 5.69 Å². The van der Waals surface area contributed by atoms with E-state index in [-0.39, 0.29) is 5.91 Å². The van der Waals surface area contributed by atoms with Gasteiger partial charge in [-0.25, -0.2) is 5.01 Å². The summed E-state index contributed by atoms with van der Waals surface area (Å²) in [7, 11) is 0. The van der Waals surface area contributed by atoms with Gasteiger partial charge in [0.15, 0.2) is 0 Å². The summed E-state index contributed by atoms with van der Waals surface area (Å²) < 4.78 is 0. The van der Waals surface area contributed by atoms with Crippen LogP contribution in [0.1, 0.15) is 52.6 Å². The molecule has 2 aromatic rings. The molecule has 0 aromatic heterocycles. The van der Waals surface area contributed by atoms with Gasteiger partial charge in [-0.05, 0) is 58.4 Å². The van der Waals surface area contributed by atoms with Crippen LogP contribution < -0.4 is 11.2 Å². The van der Waals surface area contributed by atoms with Crippen molar-refractivity contribution in [2.24, 2.45) is 0 Å². The van der Waals surface area contributed by atoms with Crippen molar-refractivity contribution >= 4 is 17.5 Å². The van der Waals surface area contributed by atoms with Gasteiger partial charge < -0.3 is 5.73 Å². The van der Waals surface area contributed by atoms with E-state index in [0.717, 1.165) is 11.1 Å². The van der Waals surface area contributed by atoms with Gasteiger partial charge in [-0.3, -0.25) is 15.0 Å². The molecule has 0 aliphatic carbocycles. The molecule has 0 spiro atoms. The second-order valence-corrected chi connectivity index (χ2v) is 7.16. The Balaban J connectivity index is 2.34. The number of carbonyl (C=O) groups is 2. The average molecular weight is 339 g/mol. The average Bonchev–Trinajstić information content (AvgIpc) is 2.53. The van der Waals surface area contributed by atoms with E-state index in [1.807, 2.05) is 52.8 Å². The van der Waals surface area contributed by atoms with Crippen LogP contribution in [0.25, 0.3) is 0 Å². The SMILES string of the molecule is Cc1cccc(C(=O)N(NC(=O)c2cccc(C)c2N)C(C)(C)C)c1. The van der Waals surface area contributed by atoms with Crippen LogP contribution in [-0.2, 0) is 0 Å². The fourth-order valence-corrected chi connectivity index (χ4v) is 2.47. The molecule has 3 N–H and O–H groups in total. The molecule has 2 aromatic carbocycles. The summed E-state index contributed by atoms with van der Waals surface area (Å²) in [6.45, 7) is 9.34. The van der Waals surface area contributed by atoms with Crippen LogP contribution in [0, 0.1) is 13.8 Å². The molecule has 0 fully saturated rings. The minimum atomic E-state index is -0.602. The zero-order valence-corrected chi connectivity index (χ0v) is 15.4. The Morgan fingerprint density at radius 3 is 2.28 bits per heavy atom. The lowest BCUT2D eigenvalue weighted by Gasteiger charge is -2.35. The van der Waals surface area contributed by atoms with Crippen LogP contribution in [0.3, 0.4) is 0 Å². The van der Waals surface area contributed by atoms with E-state index in [4.69, 9.17) is 5.73 Å². The topological polar surface area (TPSA) is 75.4 Å². The van der Waals surface area contributed by atoms with Gasteiger partial charge >= 0.3 is 0 Å². The van der Waals surface area contributed by atoms with Crippen molar-refractivity contribution in [2.75, 3.05) is 5.73 Å². The van der Waals surface area contributed by atoms with Crippen molar-refractivity contribution in [2.45, 2.75) is 40.2 Å².